The van der Waals surface area contributed by atoms with Crippen LogP contribution in [0.1, 0.15) is 18.2 Å². The largest absolute Gasteiger partial charge is 0.494 e. The van der Waals surface area contributed by atoms with E-state index < -0.39 is 0 Å². The smallest absolute Gasteiger partial charge is 0.266 e. The minimum Gasteiger partial charge on any atom is -0.494 e. The van der Waals surface area contributed by atoms with Crippen molar-refractivity contribution in [2.24, 2.45) is 4.99 Å². The quantitative estimate of drug-likeness (QED) is 0.327. The summed E-state index contributed by atoms with van der Waals surface area (Å²) in [4.78, 5) is 32.4. The van der Waals surface area contributed by atoms with E-state index in [2.05, 4.69) is 10.3 Å². The number of benzene rings is 2. The summed E-state index contributed by atoms with van der Waals surface area (Å²) in [7, 11) is 1.72. The summed E-state index contributed by atoms with van der Waals surface area (Å²) in [5.74, 6) is 1.22. The fourth-order valence-electron chi connectivity index (χ4n) is 4.02. The number of fused-ring (bicyclic) bond motifs is 1. The zero-order chi connectivity index (χ0) is 25.8. The number of aliphatic imine (C=N–C) groups is 1. The van der Waals surface area contributed by atoms with Gasteiger partial charge in [-0.1, -0.05) is 18.2 Å². The monoisotopic (exact) mass is 514 g/mol. The highest BCUT2D eigenvalue weighted by molar-refractivity contribution is 8.18. The Balaban J connectivity index is 1.37. The molecule has 1 saturated heterocycles. The summed E-state index contributed by atoms with van der Waals surface area (Å²) in [6.07, 6.45) is 5.35. The molecule has 0 atom stereocenters. The van der Waals surface area contributed by atoms with E-state index in [4.69, 9.17) is 9.15 Å². The number of likely N-dealkylation sites (N-methyl/N-ethyl adjacent to an activating group) is 1. The highest BCUT2D eigenvalue weighted by Crippen LogP contribution is 2.35. The van der Waals surface area contributed by atoms with Crippen molar-refractivity contribution in [2.45, 2.75) is 20.0 Å². The molecule has 188 valence electrons. The van der Waals surface area contributed by atoms with Crippen LogP contribution in [-0.2, 0) is 22.7 Å². The fraction of sp³-hybridized carbons (Fsp3) is 0.179. The van der Waals surface area contributed by atoms with E-state index in [0.29, 0.717) is 29.0 Å². The van der Waals surface area contributed by atoms with E-state index in [1.54, 1.807) is 24.3 Å². The van der Waals surface area contributed by atoms with Gasteiger partial charge in [0.15, 0.2) is 5.17 Å². The maximum Gasteiger partial charge on any atom is 0.266 e. The first-order valence-corrected chi connectivity index (χ1v) is 12.7. The number of carbonyl (C=O) groups excluding carboxylic acids is 2. The van der Waals surface area contributed by atoms with Crippen LogP contribution in [-0.4, -0.2) is 40.1 Å². The van der Waals surface area contributed by atoms with Crippen molar-refractivity contribution in [1.29, 1.82) is 0 Å². The number of ether oxygens (including phenoxy) is 1. The molecule has 3 heterocycles. The van der Waals surface area contributed by atoms with Gasteiger partial charge in [-0.3, -0.25) is 14.5 Å². The molecule has 0 unspecified atom stereocenters. The number of para-hydroxylation sites is 1. The summed E-state index contributed by atoms with van der Waals surface area (Å²) in [5, 5.41) is 4.43. The van der Waals surface area contributed by atoms with Gasteiger partial charge in [0.05, 0.1) is 30.0 Å². The molecule has 1 N–H and O–H groups in total. The Morgan fingerprint density at radius 3 is 2.70 bits per heavy atom. The van der Waals surface area contributed by atoms with Gasteiger partial charge in [0, 0.05) is 29.7 Å². The molecule has 1 fully saturated rings. The molecule has 8 nitrogen and oxygen atoms in total. The second-order valence-electron chi connectivity index (χ2n) is 8.38. The Hall–Kier alpha value is -4.24. The third-order valence-electron chi connectivity index (χ3n) is 5.84. The van der Waals surface area contributed by atoms with Gasteiger partial charge in [-0.05, 0) is 67.2 Å². The summed E-state index contributed by atoms with van der Waals surface area (Å²) in [5.41, 5.74) is 2.51. The molecule has 2 aromatic heterocycles. The molecule has 0 spiro atoms. The van der Waals surface area contributed by atoms with Crippen LogP contribution in [0.2, 0.25) is 0 Å². The number of amidine groups is 1. The molecular weight excluding hydrogens is 488 g/mol. The molecule has 5 rings (SSSR count). The van der Waals surface area contributed by atoms with Crippen LogP contribution in [0.15, 0.2) is 87.4 Å². The molecule has 0 aliphatic carbocycles. The van der Waals surface area contributed by atoms with E-state index in [1.807, 2.05) is 78.4 Å². The maximum atomic E-state index is 13.0. The molecule has 37 heavy (non-hydrogen) atoms. The van der Waals surface area contributed by atoms with Crippen molar-refractivity contribution in [3.05, 3.63) is 89.4 Å². The van der Waals surface area contributed by atoms with Gasteiger partial charge >= 0.3 is 0 Å². The van der Waals surface area contributed by atoms with E-state index in [-0.39, 0.29) is 18.4 Å². The Bertz CT molecular complexity index is 1490. The van der Waals surface area contributed by atoms with E-state index in [1.165, 1.54) is 11.8 Å². The van der Waals surface area contributed by atoms with Crippen LogP contribution < -0.4 is 10.1 Å². The molecule has 0 radical (unpaired) electrons. The lowest BCUT2D eigenvalue weighted by Gasteiger charge is -2.07. The van der Waals surface area contributed by atoms with Crippen LogP contribution in [0.4, 0.5) is 5.69 Å². The number of furan rings is 1. The molecule has 9 heteroatoms. The van der Waals surface area contributed by atoms with E-state index in [9.17, 15) is 9.59 Å². The van der Waals surface area contributed by atoms with Gasteiger partial charge < -0.3 is 19.0 Å². The molecule has 0 saturated carbocycles. The zero-order valence-electron chi connectivity index (χ0n) is 20.5. The topological polar surface area (TPSA) is 89.1 Å². The predicted octanol–water partition coefficient (Wildman–Crippen LogP) is 5.18. The lowest BCUT2D eigenvalue weighted by molar-refractivity contribution is -0.122. The number of rotatable bonds is 8. The Morgan fingerprint density at radius 2 is 1.95 bits per heavy atom. The lowest BCUT2D eigenvalue weighted by Crippen LogP contribution is -2.26. The Labute approximate surface area is 218 Å². The number of hydrogen-bond donors (Lipinski definition) is 1. The predicted molar refractivity (Wildman–Crippen MR) is 146 cm³/mol. The molecule has 1 aliphatic heterocycles. The van der Waals surface area contributed by atoms with Gasteiger partial charge in [0.2, 0.25) is 5.91 Å². The average molecular weight is 515 g/mol. The molecule has 4 aromatic rings. The van der Waals surface area contributed by atoms with Crippen molar-refractivity contribution in [1.82, 2.24) is 14.8 Å². The second-order valence-corrected chi connectivity index (χ2v) is 9.39. The third kappa shape index (κ3) is 5.46. The second kappa shape index (κ2) is 10.8. The summed E-state index contributed by atoms with van der Waals surface area (Å²) in [6, 6.07) is 18.9. The van der Waals surface area contributed by atoms with Crippen molar-refractivity contribution >= 4 is 51.4 Å². The van der Waals surface area contributed by atoms with Crippen LogP contribution in [0.25, 0.3) is 17.0 Å². The molecule has 1 aliphatic rings. The normalized spacial score (nSPS) is 15.7. The summed E-state index contributed by atoms with van der Waals surface area (Å²) < 4.78 is 12.7. The standard InChI is InChI=1S/C28H26N4O4S/c1-3-35-21-12-10-20(11-13-21)30-28-31(2)27(34)25(37-28)15-19-17-32(24-9-5-4-8-23(19)24)18-26(33)29-16-22-7-6-14-36-22/h4-15,17H,3,16,18H2,1-2H3,(H,29,33)/b25-15+,30-28?. The minimum atomic E-state index is -0.132. The third-order valence-corrected chi connectivity index (χ3v) is 6.90. The zero-order valence-corrected chi connectivity index (χ0v) is 21.3. The summed E-state index contributed by atoms with van der Waals surface area (Å²) in [6.45, 7) is 3.01. The van der Waals surface area contributed by atoms with Crippen LogP contribution in [0.5, 0.6) is 5.75 Å². The van der Waals surface area contributed by atoms with E-state index in [0.717, 1.165) is 27.9 Å². The molecule has 2 amide bonds. The van der Waals surface area contributed by atoms with Crippen molar-refractivity contribution in [2.75, 3.05) is 13.7 Å². The van der Waals surface area contributed by atoms with Gasteiger partial charge in [-0.2, -0.15) is 0 Å². The van der Waals surface area contributed by atoms with Crippen molar-refractivity contribution in [3.8, 4) is 5.75 Å². The van der Waals surface area contributed by atoms with Gasteiger partial charge in [0.1, 0.15) is 18.1 Å². The first-order chi connectivity index (χ1) is 18.0. The number of nitrogens with zero attached hydrogens (tertiary/aromatic N) is 3. The highest BCUT2D eigenvalue weighted by Gasteiger charge is 2.30. The number of thioether (sulfide) groups is 1. The molecular formula is C28H26N4O4S. The number of aromatic nitrogens is 1. The summed E-state index contributed by atoms with van der Waals surface area (Å²) >= 11 is 1.33. The first-order valence-electron chi connectivity index (χ1n) is 11.9. The SMILES string of the molecule is CCOc1ccc(N=C2S/C(=C/c3cn(CC(=O)NCc4ccco4)c4ccccc34)C(=O)N2C)cc1. The maximum absolute atomic E-state index is 13.0. The lowest BCUT2D eigenvalue weighted by atomic mass is 10.1. The molecule has 2 aromatic carbocycles. The number of hydrogen-bond acceptors (Lipinski definition) is 6. The van der Waals surface area contributed by atoms with Crippen LogP contribution >= 0.6 is 11.8 Å². The number of nitrogens with one attached hydrogen (secondary N) is 1. The average Bonchev–Trinajstić information content (AvgIpc) is 3.61. The number of carbonyl (C=O) groups is 2. The fourth-order valence-corrected chi connectivity index (χ4v) is 5.00. The Morgan fingerprint density at radius 1 is 1.14 bits per heavy atom. The van der Waals surface area contributed by atoms with Gasteiger partial charge in [-0.25, -0.2) is 4.99 Å². The first kappa shape index (κ1) is 24.5. The minimum absolute atomic E-state index is 0.122. The number of amides is 2. The van der Waals surface area contributed by atoms with Crippen LogP contribution in [0.3, 0.4) is 0 Å². The van der Waals surface area contributed by atoms with Gasteiger partial charge in [0.25, 0.3) is 5.91 Å². The van der Waals surface area contributed by atoms with Crippen LogP contribution in [0, 0.1) is 0 Å². The highest BCUT2D eigenvalue weighted by atomic mass is 32.2. The van der Waals surface area contributed by atoms with Crippen molar-refractivity contribution < 1.29 is 18.7 Å². The Kier molecular flexibility index (Phi) is 7.14. The van der Waals surface area contributed by atoms with Crippen molar-refractivity contribution in [3.63, 3.8) is 0 Å². The van der Waals surface area contributed by atoms with Gasteiger partial charge in [-0.15, -0.1) is 0 Å². The molecule has 0 bridgehead atoms. The van der Waals surface area contributed by atoms with E-state index >= 15 is 0 Å².